The van der Waals surface area contributed by atoms with Gasteiger partial charge in [-0.05, 0) is 34.1 Å². The largest absolute Gasteiger partial charge is 0.497 e. The van der Waals surface area contributed by atoms with E-state index in [2.05, 4.69) is 32.3 Å². The molecule has 0 aliphatic rings. The minimum absolute atomic E-state index is 0.758. The van der Waals surface area contributed by atoms with Gasteiger partial charge in [-0.3, -0.25) is 0 Å². The molecule has 0 aliphatic carbocycles. The Kier molecular flexibility index (Phi) is 4.14. The zero-order valence-electron chi connectivity index (χ0n) is 10.3. The van der Waals surface area contributed by atoms with Gasteiger partial charge >= 0.3 is 0 Å². The number of nitrogen functional groups attached to an aromatic ring is 1. The van der Waals surface area contributed by atoms with E-state index in [1.165, 1.54) is 4.88 Å². The number of halogens is 1. The highest BCUT2D eigenvalue weighted by molar-refractivity contribution is 9.10. The molecule has 2 N–H and O–H groups in total. The number of nitrogens with two attached hydrogens (primary N) is 1. The summed E-state index contributed by atoms with van der Waals surface area (Å²) in [5.74, 6) is 0.818. The Morgan fingerprint density at radius 3 is 2.78 bits per heavy atom. The summed E-state index contributed by atoms with van der Waals surface area (Å²) in [4.78, 5) is 3.41. The van der Waals surface area contributed by atoms with Crippen LogP contribution in [-0.4, -0.2) is 14.2 Å². The summed E-state index contributed by atoms with van der Waals surface area (Å²) in [6.07, 6.45) is 0. The second-order valence-corrected chi connectivity index (χ2v) is 5.92. The van der Waals surface area contributed by atoms with Crippen LogP contribution in [0.4, 0.5) is 11.4 Å². The molecule has 0 spiro atoms. The summed E-state index contributed by atoms with van der Waals surface area (Å²) >= 11 is 5.19. The van der Waals surface area contributed by atoms with Gasteiger partial charge in [-0.15, -0.1) is 11.3 Å². The van der Waals surface area contributed by atoms with Gasteiger partial charge < -0.3 is 15.4 Å². The maximum Gasteiger partial charge on any atom is 0.121 e. The van der Waals surface area contributed by atoms with E-state index in [-0.39, 0.29) is 0 Å². The first-order valence-corrected chi connectivity index (χ1v) is 7.15. The average Bonchev–Trinajstić information content (AvgIpc) is 2.75. The predicted molar refractivity (Wildman–Crippen MR) is 81.5 cm³/mol. The lowest BCUT2D eigenvalue weighted by molar-refractivity contribution is 0.415. The van der Waals surface area contributed by atoms with Crippen LogP contribution >= 0.6 is 27.3 Å². The molecule has 0 saturated heterocycles. The van der Waals surface area contributed by atoms with Gasteiger partial charge in [-0.25, -0.2) is 0 Å². The number of anilines is 2. The van der Waals surface area contributed by atoms with Crippen molar-refractivity contribution in [2.75, 3.05) is 24.8 Å². The molecule has 0 unspecified atom stereocenters. The Balaban J connectivity index is 2.20. The quantitative estimate of drug-likeness (QED) is 0.870. The number of thiophene rings is 1. The maximum absolute atomic E-state index is 6.00. The first kappa shape index (κ1) is 13.2. The summed E-state index contributed by atoms with van der Waals surface area (Å²) in [6.45, 7) is 0.827. The van der Waals surface area contributed by atoms with Crippen molar-refractivity contribution in [1.29, 1.82) is 0 Å². The molecule has 96 valence electrons. The van der Waals surface area contributed by atoms with E-state index in [0.717, 1.165) is 28.1 Å². The summed E-state index contributed by atoms with van der Waals surface area (Å²) in [5.41, 5.74) is 7.74. The van der Waals surface area contributed by atoms with Crippen molar-refractivity contribution in [2.45, 2.75) is 6.54 Å². The van der Waals surface area contributed by atoms with Gasteiger partial charge in [0.05, 0.1) is 25.0 Å². The van der Waals surface area contributed by atoms with E-state index in [1.54, 1.807) is 18.4 Å². The van der Waals surface area contributed by atoms with E-state index in [1.807, 2.05) is 25.2 Å². The number of methoxy groups -OCH3 is 1. The molecule has 0 fully saturated rings. The molecule has 0 saturated carbocycles. The van der Waals surface area contributed by atoms with Crippen molar-refractivity contribution in [3.8, 4) is 5.75 Å². The lowest BCUT2D eigenvalue weighted by atomic mass is 10.2. The second kappa shape index (κ2) is 5.63. The third kappa shape index (κ3) is 2.97. The number of rotatable bonds is 4. The predicted octanol–water partition coefficient (Wildman–Crippen LogP) is 3.74. The zero-order valence-corrected chi connectivity index (χ0v) is 12.7. The number of ether oxygens (including phenoxy) is 1. The third-order valence-corrected chi connectivity index (χ3v) is 4.35. The highest BCUT2D eigenvalue weighted by atomic mass is 79.9. The minimum atomic E-state index is 0.758. The Labute approximate surface area is 119 Å². The molecule has 0 atom stereocenters. The van der Waals surface area contributed by atoms with Crippen LogP contribution in [0.5, 0.6) is 5.75 Å². The van der Waals surface area contributed by atoms with Gasteiger partial charge in [-0.2, -0.15) is 0 Å². The fraction of sp³-hybridized carbons (Fsp3) is 0.231. The molecule has 2 rings (SSSR count). The molecule has 2 aromatic rings. The molecule has 5 heteroatoms. The van der Waals surface area contributed by atoms with Crippen LogP contribution in [0.15, 0.2) is 34.1 Å². The van der Waals surface area contributed by atoms with Crippen molar-refractivity contribution < 1.29 is 4.74 Å². The smallest absolute Gasteiger partial charge is 0.121 e. The molecule has 1 aromatic heterocycles. The Morgan fingerprint density at radius 1 is 1.39 bits per heavy atom. The van der Waals surface area contributed by atoms with Gasteiger partial charge in [0.2, 0.25) is 0 Å². The van der Waals surface area contributed by atoms with Gasteiger partial charge in [0.25, 0.3) is 0 Å². The van der Waals surface area contributed by atoms with Crippen LogP contribution in [0.1, 0.15) is 4.88 Å². The van der Waals surface area contributed by atoms with Gasteiger partial charge in [0, 0.05) is 27.8 Å². The molecular weight excluding hydrogens is 312 g/mol. The summed E-state index contributed by atoms with van der Waals surface area (Å²) < 4.78 is 6.35. The van der Waals surface area contributed by atoms with Crippen LogP contribution in [0.2, 0.25) is 0 Å². The van der Waals surface area contributed by atoms with E-state index < -0.39 is 0 Å². The van der Waals surface area contributed by atoms with Crippen LogP contribution in [0.25, 0.3) is 0 Å². The summed E-state index contributed by atoms with van der Waals surface area (Å²) in [7, 11) is 3.68. The zero-order chi connectivity index (χ0) is 13.1. The molecule has 0 aliphatic heterocycles. The second-order valence-electron chi connectivity index (χ2n) is 4.01. The fourth-order valence-corrected chi connectivity index (χ4v) is 3.24. The van der Waals surface area contributed by atoms with E-state index in [0.29, 0.717) is 0 Å². The standard InChI is InChI=1S/C13H15BrN2OS/c1-16(7-11-5-9(14)8-18-11)13-6-10(17-2)3-4-12(13)15/h3-6,8H,7,15H2,1-2H3. The first-order valence-electron chi connectivity index (χ1n) is 5.47. The lowest BCUT2D eigenvalue weighted by Crippen LogP contribution is -2.17. The number of nitrogens with zero attached hydrogens (tertiary/aromatic N) is 1. The maximum atomic E-state index is 6.00. The average molecular weight is 327 g/mol. The van der Waals surface area contributed by atoms with Crippen LogP contribution < -0.4 is 15.4 Å². The molecule has 0 amide bonds. The fourth-order valence-electron chi connectivity index (χ4n) is 1.74. The topological polar surface area (TPSA) is 38.5 Å². The van der Waals surface area contributed by atoms with E-state index in [9.17, 15) is 0 Å². The molecule has 0 bridgehead atoms. The Morgan fingerprint density at radius 2 is 2.17 bits per heavy atom. The Hall–Kier alpha value is -1.20. The van der Waals surface area contributed by atoms with E-state index in [4.69, 9.17) is 10.5 Å². The van der Waals surface area contributed by atoms with Crippen molar-refractivity contribution in [2.24, 2.45) is 0 Å². The number of hydrogen-bond acceptors (Lipinski definition) is 4. The summed E-state index contributed by atoms with van der Waals surface area (Å²) in [5, 5.41) is 2.08. The highest BCUT2D eigenvalue weighted by Gasteiger charge is 2.09. The van der Waals surface area contributed by atoms with Crippen molar-refractivity contribution in [3.63, 3.8) is 0 Å². The van der Waals surface area contributed by atoms with Crippen LogP contribution in [0, 0.1) is 0 Å². The molecule has 1 heterocycles. The van der Waals surface area contributed by atoms with E-state index >= 15 is 0 Å². The Bertz CT molecular complexity index is 542. The highest BCUT2D eigenvalue weighted by Crippen LogP contribution is 2.29. The molecule has 18 heavy (non-hydrogen) atoms. The minimum Gasteiger partial charge on any atom is -0.497 e. The normalized spacial score (nSPS) is 10.4. The SMILES string of the molecule is COc1ccc(N)c(N(C)Cc2cc(Br)cs2)c1. The lowest BCUT2D eigenvalue weighted by Gasteiger charge is -2.21. The monoisotopic (exact) mass is 326 g/mol. The molecule has 1 aromatic carbocycles. The number of benzene rings is 1. The summed E-state index contributed by atoms with van der Waals surface area (Å²) in [6, 6.07) is 7.82. The molecule has 0 radical (unpaired) electrons. The molecule has 3 nitrogen and oxygen atoms in total. The number of hydrogen-bond donors (Lipinski definition) is 1. The van der Waals surface area contributed by atoms with Crippen molar-refractivity contribution >= 4 is 38.6 Å². The van der Waals surface area contributed by atoms with Crippen molar-refractivity contribution in [1.82, 2.24) is 0 Å². The van der Waals surface area contributed by atoms with Crippen LogP contribution in [0.3, 0.4) is 0 Å². The van der Waals surface area contributed by atoms with Gasteiger partial charge in [0.15, 0.2) is 0 Å². The van der Waals surface area contributed by atoms with Gasteiger partial charge in [0.1, 0.15) is 5.75 Å². The first-order chi connectivity index (χ1) is 8.60. The third-order valence-electron chi connectivity index (χ3n) is 2.66. The molecular formula is C13H15BrN2OS. The van der Waals surface area contributed by atoms with Gasteiger partial charge in [-0.1, -0.05) is 0 Å². The van der Waals surface area contributed by atoms with Crippen molar-refractivity contribution in [3.05, 3.63) is 39.0 Å². The van der Waals surface area contributed by atoms with Crippen LogP contribution in [-0.2, 0) is 6.54 Å².